The molecule has 6 heteroatoms. The fourth-order valence-electron chi connectivity index (χ4n) is 2.30. The van der Waals surface area contributed by atoms with Crippen molar-refractivity contribution in [3.63, 3.8) is 0 Å². The second-order valence-corrected chi connectivity index (χ2v) is 5.48. The van der Waals surface area contributed by atoms with Gasteiger partial charge < -0.3 is 15.0 Å². The minimum Gasteiger partial charge on any atom is -0.378 e. The number of likely N-dealkylation sites (N-methyl/N-ethyl adjacent to an activating group) is 1. The zero-order valence-electron chi connectivity index (χ0n) is 11.0. The number of anilines is 1. The minimum absolute atomic E-state index is 0.160. The quantitative estimate of drug-likeness (QED) is 0.829. The van der Waals surface area contributed by atoms with Crippen molar-refractivity contribution in [1.29, 1.82) is 0 Å². The summed E-state index contributed by atoms with van der Waals surface area (Å²) in [5.74, 6) is 0. The number of rotatable bonds is 4. The Hall–Kier alpha value is -0.980. The van der Waals surface area contributed by atoms with Crippen molar-refractivity contribution in [1.82, 2.24) is 10.3 Å². The number of ether oxygens (including phenoxy) is 1. The third-order valence-corrected chi connectivity index (χ3v) is 4.58. The predicted molar refractivity (Wildman–Crippen MR) is 72.7 cm³/mol. The van der Waals surface area contributed by atoms with Gasteiger partial charge in [0, 0.05) is 26.2 Å². The molecule has 1 aromatic rings. The normalized spacial score (nSPS) is 24.3. The van der Waals surface area contributed by atoms with E-state index in [0.717, 1.165) is 41.5 Å². The molecule has 0 radical (unpaired) electrons. The molecular formula is C12H19N3O2S. The van der Waals surface area contributed by atoms with E-state index in [2.05, 4.69) is 15.2 Å². The highest BCUT2D eigenvalue weighted by atomic mass is 32.1. The summed E-state index contributed by atoms with van der Waals surface area (Å²) in [5.41, 5.74) is 0.815. The van der Waals surface area contributed by atoms with Crippen LogP contribution in [0.2, 0.25) is 0 Å². The molecule has 0 spiro atoms. The molecule has 0 aliphatic carbocycles. The predicted octanol–water partition coefficient (Wildman–Crippen LogP) is 1.08. The zero-order chi connectivity index (χ0) is 13.1. The Balaban J connectivity index is 2.12. The van der Waals surface area contributed by atoms with E-state index in [0.29, 0.717) is 6.04 Å². The lowest BCUT2D eigenvalue weighted by molar-refractivity contribution is 0.0628. The molecule has 1 N–H and O–H groups in total. The highest BCUT2D eigenvalue weighted by Crippen LogP contribution is 2.27. The summed E-state index contributed by atoms with van der Waals surface area (Å²) in [6.45, 7) is 3.63. The van der Waals surface area contributed by atoms with E-state index in [1.807, 2.05) is 14.0 Å². The Bertz CT molecular complexity index is 421. The van der Waals surface area contributed by atoms with Gasteiger partial charge >= 0.3 is 0 Å². The first kappa shape index (κ1) is 13.5. The SMILES string of the molecule is CN[C@@H]1CCN(c2nc(C)c(C=O)s2)C[C@@H]1OC. The molecule has 1 aromatic heterocycles. The second kappa shape index (κ2) is 5.77. The molecule has 0 saturated carbocycles. The molecule has 1 aliphatic heterocycles. The average molecular weight is 269 g/mol. The molecular weight excluding hydrogens is 250 g/mol. The van der Waals surface area contributed by atoms with Crippen molar-refractivity contribution in [2.75, 3.05) is 32.1 Å². The lowest BCUT2D eigenvalue weighted by Crippen LogP contribution is -2.52. The highest BCUT2D eigenvalue weighted by Gasteiger charge is 2.29. The van der Waals surface area contributed by atoms with Gasteiger partial charge in [0.05, 0.1) is 16.7 Å². The van der Waals surface area contributed by atoms with Gasteiger partial charge in [0.1, 0.15) is 0 Å². The number of aryl methyl sites for hydroxylation is 1. The van der Waals surface area contributed by atoms with Crippen LogP contribution in [0.4, 0.5) is 5.13 Å². The molecule has 0 amide bonds. The average Bonchev–Trinajstić information content (AvgIpc) is 2.79. The van der Waals surface area contributed by atoms with Crippen molar-refractivity contribution in [3.05, 3.63) is 10.6 Å². The maximum atomic E-state index is 10.9. The van der Waals surface area contributed by atoms with Crippen LogP contribution in [0.1, 0.15) is 21.8 Å². The van der Waals surface area contributed by atoms with E-state index in [1.54, 1.807) is 7.11 Å². The van der Waals surface area contributed by atoms with Gasteiger partial charge in [-0.3, -0.25) is 4.79 Å². The second-order valence-electron chi connectivity index (χ2n) is 4.47. The van der Waals surface area contributed by atoms with Gasteiger partial charge in [0.15, 0.2) is 11.4 Å². The fraction of sp³-hybridized carbons (Fsp3) is 0.667. The molecule has 2 atom stereocenters. The molecule has 2 rings (SSSR count). The molecule has 18 heavy (non-hydrogen) atoms. The van der Waals surface area contributed by atoms with Crippen LogP contribution in [0, 0.1) is 6.92 Å². The van der Waals surface area contributed by atoms with Crippen molar-refractivity contribution in [2.45, 2.75) is 25.5 Å². The largest absolute Gasteiger partial charge is 0.378 e. The van der Waals surface area contributed by atoms with Crippen LogP contribution in [-0.2, 0) is 4.74 Å². The third kappa shape index (κ3) is 2.55. The van der Waals surface area contributed by atoms with E-state index >= 15 is 0 Å². The van der Waals surface area contributed by atoms with Gasteiger partial charge in [-0.2, -0.15) is 0 Å². The summed E-state index contributed by atoms with van der Waals surface area (Å²) in [7, 11) is 3.70. The van der Waals surface area contributed by atoms with Crippen LogP contribution in [0.25, 0.3) is 0 Å². The lowest BCUT2D eigenvalue weighted by Gasteiger charge is -2.37. The number of hydrogen-bond acceptors (Lipinski definition) is 6. The zero-order valence-corrected chi connectivity index (χ0v) is 11.8. The van der Waals surface area contributed by atoms with Crippen LogP contribution < -0.4 is 10.2 Å². The van der Waals surface area contributed by atoms with Gasteiger partial charge in [-0.05, 0) is 20.4 Å². The molecule has 1 aliphatic rings. The van der Waals surface area contributed by atoms with Crippen molar-refractivity contribution in [3.8, 4) is 0 Å². The third-order valence-electron chi connectivity index (χ3n) is 3.43. The molecule has 100 valence electrons. The number of carbonyl (C=O) groups excluding carboxylic acids is 1. The van der Waals surface area contributed by atoms with Crippen LogP contribution >= 0.6 is 11.3 Å². The van der Waals surface area contributed by atoms with Crippen molar-refractivity contribution >= 4 is 22.8 Å². The molecule has 1 fully saturated rings. The molecule has 0 aromatic carbocycles. The van der Waals surface area contributed by atoms with Crippen molar-refractivity contribution < 1.29 is 9.53 Å². The van der Waals surface area contributed by atoms with E-state index in [4.69, 9.17) is 4.74 Å². The first-order valence-corrected chi connectivity index (χ1v) is 6.88. The summed E-state index contributed by atoms with van der Waals surface area (Å²) < 4.78 is 5.51. The maximum Gasteiger partial charge on any atom is 0.186 e. The molecule has 1 saturated heterocycles. The summed E-state index contributed by atoms with van der Waals surface area (Å²) >= 11 is 1.46. The number of aldehydes is 1. The number of nitrogens with one attached hydrogen (secondary N) is 1. The van der Waals surface area contributed by atoms with Crippen molar-refractivity contribution in [2.24, 2.45) is 0 Å². The Morgan fingerprint density at radius 3 is 2.94 bits per heavy atom. The lowest BCUT2D eigenvalue weighted by atomic mass is 10.0. The standard InChI is InChI=1S/C12H19N3O2S/c1-8-11(7-16)18-12(14-8)15-5-4-9(13-2)10(6-15)17-3/h7,9-10,13H,4-6H2,1-3H3/t9-,10+/m1/s1. The van der Waals surface area contributed by atoms with E-state index in [1.165, 1.54) is 11.3 Å². The summed E-state index contributed by atoms with van der Waals surface area (Å²) in [6, 6.07) is 0.387. The van der Waals surface area contributed by atoms with E-state index in [9.17, 15) is 4.79 Å². The number of thiazole rings is 1. The smallest absolute Gasteiger partial charge is 0.186 e. The molecule has 0 unspecified atom stereocenters. The van der Waals surface area contributed by atoms with Crippen LogP contribution in [0.5, 0.6) is 0 Å². The van der Waals surface area contributed by atoms with E-state index < -0.39 is 0 Å². The number of methoxy groups -OCH3 is 1. The van der Waals surface area contributed by atoms with Gasteiger partial charge in [-0.15, -0.1) is 0 Å². The Morgan fingerprint density at radius 1 is 1.61 bits per heavy atom. The molecule has 5 nitrogen and oxygen atoms in total. The minimum atomic E-state index is 0.160. The Labute approximate surface area is 111 Å². The Morgan fingerprint density at radius 2 is 2.39 bits per heavy atom. The van der Waals surface area contributed by atoms with Gasteiger partial charge in [-0.1, -0.05) is 11.3 Å². The molecule has 0 bridgehead atoms. The number of carbonyl (C=O) groups is 1. The number of aromatic nitrogens is 1. The van der Waals surface area contributed by atoms with Gasteiger partial charge in [-0.25, -0.2) is 4.98 Å². The van der Waals surface area contributed by atoms with Crippen LogP contribution in [0.3, 0.4) is 0 Å². The van der Waals surface area contributed by atoms with Crippen LogP contribution in [-0.4, -0.2) is 50.7 Å². The Kier molecular flexibility index (Phi) is 4.31. The number of hydrogen-bond donors (Lipinski definition) is 1. The summed E-state index contributed by atoms with van der Waals surface area (Å²) in [6.07, 6.45) is 2.06. The molecule has 2 heterocycles. The topological polar surface area (TPSA) is 54.5 Å². The number of nitrogens with zero attached hydrogens (tertiary/aromatic N) is 2. The summed E-state index contributed by atoms with van der Waals surface area (Å²) in [4.78, 5) is 18.2. The van der Waals surface area contributed by atoms with Crippen LogP contribution in [0.15, 0.2) is 0 Å². The maximum absolute atomic E-state index is 10.9. The first-order chi connectivity index (χ1) is 8.69. The first-order valence-electron chi connectivity index (χ1n) is 6.07. The van der Waals surface area contributed by atoms with Gasteiger partial charge in [0.25, 0.3) is 0 Å². The summed E-state index contributed by atoms with van der Waals surface area (Å²) in [5, 5.41) is 4.20. The monoisotopic (exact) mass is 269 g/mol. The van der Waals surface area contributed by atoms with E-state index in [-0.39, 0.29) is 6.10 Å². The fourth-order valence-corrected chi connectivity index (χ4v) is 3.21. The highest BCUT2D eigenvalue weighted by molar-refractivity contribution is 7.17. The number of piperidine rings is 1. The van der Waals surface area contributed by atoms with Gasteiger partial charge in [0.2, 0.25) is 0 Å².